The van der Waals surface area contributed by atoms with Gasteiger partial charge in [0.05, 0.1) is 6.61 Å². The maximum Gasteiger partial charge on any atom is 0.330 e. The number of hydrogen-bond acceptors (Lipinski definition) is 2. The quantitative estimate of drug-likeness (QED) is 0.164. The summed E-state index contributed by atoms with van der Waals surface area (Å²) in [5, 5.41) is 0. The van der Waals surface area contributed by atoms with E-state index in [2.05, 4.69) is 13.8 Å². The molecule has 0 unspecified atom stereocenters. The third-order valence-electron chi connectivity index (χ3n) is 4.22. The van der Waals surface area contributed by atoms with Crippen molar-refractivity contribution in [1.29, 1.82) is 0 Å². The van der Waals surface area contributed by atoms with Gasteiger partial charge in [-0.05, 0) is 19.3 Å². The SMILES string of the molecule is CCCCCCCCCC/C=C/C(=O)OCCCCCCCC. The molecule has 0 bridgehead atoms. The van der Waals surface area contributed by atoms with E-state index in [4.69, 9.17) is 4.74 Å². The van der Waals surface area contributed by atoms with E-state index >= 15 is 0 Å². The van der Waals surface area contributed by atoms with Crippen LogP contribution in [-0.2, 0) is 9.53 Å². The van der Waals surface area contributed by atoms with Crippen LogP contribution in [0.2, 0.25) is 0 Å². The first-order valence-electron chi connectivity index (χ1n) is 10.1. The van der Waals surface area contributed by atoms with Gasteiger partial charge in [-0.15, -0.1) is 0 Å². The van der Waals surface area contributed by atoms with Gasteiger partial charge in [-0.2, -0.15) is 0 Å². The van der Waals surface area contributed by atoms with Crippen molar-refractivity contribution in [2.75, 3.05) is 6.61 Å². The monoisotopic (exact) mass is 324 g/mol. The fraction of sp³-hybridized carbons (Fsp3) is 0.857. The minimum atomic E-state index is -0.168. The molecular weight excluding hydrogens is 284 g/mol. The van der Waals surface area contributed by atoms with Gasteiger partial charge in [0.2, 0.25) is 0 Å². The van der Waals surface area contributed by atoms with E-state index in [0.717, 1.165) is 12.8 Å². The van der Waals surface area contributed by atoms with Crippen LogP contribution in [-0.4, -0.2) is 12.6 Å². The van der Waals surface area contributed by atoms with E-state index in [0.29, 0.717) is 6.61 Å². The normalized spacial score (nSPS) is 11.2. The van der Waals surface area contributed by atoms with Gasteiger partial charge in [0, 0.05) is 6.08 Å². The molecule has 0 aliphatic carbocycles. The molecule has 0 spiro atoms. The van der Waals surface area contributed by atoms with Gasteiger partial charge in [-0.3, -0.25) is 0 Å². The van der Waals surface area contributed by atoms with Gasteiger partial charge < -0.3 is 4.74 Å². The highest BCUT2D eigenvalue weighted by molar-refractivity contribution is 5.81. The molecule has 2 nitrogen and oxygen atoms in total. The Balaban J connectivity index is 3.25. The van der Waals surface area contributed by atoms with E-state index in [1.54, 1.807) is 6.08 Å². The molecular formula is C21H40O2. The zero-order valence-electron chi connectivity index (χ0n) is 15.8. The molecule has 0 aromatic carbocycles. The number of allylic oxidation sites excluding steroid dienone is 1. The summed E-state index contributed by atoms with van der Waals surface area (Å²) in [4.78, 5) is 11.5. The van der Waals surface area contributed by atoms with Gasteiger partial charge in [-0.1, -0.05) is 97.0 Å². The van der Waals surface area contributed by atoms with Crippen molar-refractivity contribution in [2.45, 2.75) is 110 Å². The Kier molecular flexibility index (Phi) is 18.6. The largest absolute Gasteiger partial charge is 0.463 e. The van der Waals surface area contributed by atoms with Crippen LogP contribution < -0.4 is 0 Å². The number of hydrogen-bond donors (Lipinski definition) is 0. The summed E-state index contributed by atoms with van der Waals surface area (Å²) < 4.78 is 5.21. The lowest BCUT2D eigenvalue weighted by molar-refractivity contribution is -0.137. The van der Waals surface area contributed by atoms with Crippen LogP contribution in [0.25, 0.3) is 0 Å². The Labute approximate surface area is 145 Å². The zero-order chi connectivity index (χ0) is 17.0. The smallest absolute Gasteiger partial charge is 0.330 e. The average Bonchev–Trinajstić information content (AvgIpc) is 2.55. The Morgan fingerprint density at radius 2 is 1.17 bits per heavy atom. The van der Waals surface area contributed by atoms with E-state index in [1.165, 1.54) is 83.5 Å². The van der Waals surface area contributed by atoms with Gasteiger partial charge in [0.25, 0.3) is 0 Å². The van der Waals surface area contributed by atoms with Crippen LogP contribution in [0.1, 0.15) is 110 Å². The summed E-state index contributed by atoms with van der Waals surface area (Å²) in [5.41, 5.74) is 0. The summed E-state index contributed by atoms with van der Waals surface area (Å²) >= 11 is 0. The van der Waals surface area contributed by atoms with Gasteiger partial charge in [-0.25, -0.2) is 4.79 Å². The van der Waals surface area contributed by atoms with E-state index in [1.807, 2.05) is 6.08 Å². The Bertz CT molecular complexity index is 271. The lowest BCUT2D eigenvalue weighted by atomic mass is 10.1. The molecule has 0 radical (unpaired) electrons. The lowest BCUT2D eigenvalue weighted by Gasteiger charge is -2.02. The van der Waals surface area contributed by atoms with Crippen LogP contribution in [0.4, 0.5) is 0 Å². The molecule has 0 aliphatic heterocycles. The summed E-state index contributed by atoms with van der Waals surface area (Å²) in [7, 11) is 0. The third kappa shape index (κ3) is 19.2. The van der Waals surface area contributed by atoms with Crippen LogP contribution >= 0.6 is 0 Å². The third-order valence-corrected chi connectivity index (χ3v) is 4.22. The predicted molar refractivity (Wildman–Crippen MR) is 101 cm³/mol. The van der Waals surface area contributed by atoms with Crippen molar-refractivity contribution < 1.29 is 9.53 Å². The lowest BCUT2D eigenvalue weighted by Crippen LogP contribution is -2.02. The fourth-order valence-electron chi connectivity index (χ4n) is 2.68. The minimum absolute atomic E-state index is 0.168. The van der Waals surface area contributed by atoms with Crippen molar-refractivity contribution in [3.05, 3.63) is 12.2 Å². The first kappa shape index (κ1) is 22.2. The second kappa shape index (κ2) is 19.3. The van der Waals surface area contributed by atoms with Gasteiger partial charge in [0.1, 0.15) is 0 Å². The fourth-order valence-corrected chi connectivity index (χ4v) is 2.68. The molecule has 0 saturated carbocycles. The maximum atomic E-state index is 11.5. The highest BCUT2D eigenvalue weighted by Gasteiger charge is 1.97. The van der Waals surface area contributed by atoms with E-state index in [-0.39, 0.29) is 5.97 Å². The Hall–Kier alpha value is -0.790. The predicted octanol–water partition coefficient (Wildman–Crippen LogP) is 6.98. The molecule has 0 aromatic heterocycles. The summed E-state index contributed by atoms with van der Waals surface area (Å²) in [6, 6.07) is 0. The molecule has 0 heterocycles. The molecule has 136 valence electrons. The first-order valence-corrected chi connectivity index (χ1v) is 10.1. The summed E-state index contributed by atoms with van der Waals surface area (Å²) in [6.45, 7) is 5.06. The number of rotatable bonds is 17. The Morgan fingerprint density at radius 3 is 1.74 bits per heavy atom. The molecule has 0 amide bonds. The minimum Gasteiger partial charge on any atom is -0.463 e. The van der Waals surface area contributed by atoms with Crippen molar-refractivity contribution in [1.82, 2.24) is 0 Å². The van der Waals surface area contributed by atoms with E-state index in [9.17, 15) is 4.79 Å². The number of carbonyl (C=O) groups excluding carboxylic acids is 1. The number of esters is 1. The first-order chi connectivity index (χ1) is 11.3. The van der Waals surface area contributed by atoms with Crippen molar-refractivity contribution in [3.63, 3.8) is 0 Å². The van der Waals surface area contributed by atoms with Crippen molar-refractivity contribution in [3.8, 4) is 0 Å². The molecule has 0 atom stereocenters. The van der Waals surface area contributed by atoms with Crippen LogP contribution in [0.5, 0.6) is 0 Å². The standard InChI is InChI=1S/C21H40O2/c1-3-5-7-9-11-12-13-14-15-17-19-21(22)23-20-18-16-10-8-6-4-2/h17,19H,3-16,18,20H2,1-2H3/b19-17+. The zero-order valence-corrected chi connectivity index (χ0v) is 15.8. The Morgan fingerprint density at radius 1 is 0.696 bits per heavy atom. The summed E-state index contributed by atoms with van der Waals surface area (Å²) in [6.07, 6.45) is 22.6. The molecule has 0 fully saturated rings. The number of unbranched alkanes of at least 4 members (excludes halogenated alkanes) is 13. The highest BCUT2D eigenvalue weighted by Crippen LogP contribution is 2.10. The average molecular weight is 325 g/mol. The van der Waals surface area contributed by atoms with Crippen molar-refractivity contribution >= 4 is 5.97 Å². The molecule has 0 aromatic rings. The highest BCUT2D eigenvalue weighted by atomic mass is 16.5. The second-order valence-corrected chi connectivity index (χ2v) is 6.60. The van der Waals surface area contributed by atoms with Crippen molar-refractivity contribution in [2.24, 2.45) is 0 Å². The maximum absolute atomic E-state index is 11.5. The van der Waals surface area contributed by atoms with Crippen LogP contribution in [0.15, 0.2) is 12.2 Å². The molecule has 0 saturated heterocycles. The number of ether oxygens (including phenoxy) is 1. The van der Waals surface area contributed by atoms with Crippen LogP contribution in [0, 0.1) is 0 Å². The second-order valence-electron chi connectivity index (χ2n) is 6.60. The summed E-state index contributed by atoms with van der Waals surface area (Å²) in [5.74, 6) is -0.168. The number of carbonyl (C=O) groups is 1. The van der Waals surface area contributed by atoms with Gasteiger partial charge in [0.15, 0.2) is 0 Å². The van der Waals surface area contributed by atoms with Gasteiger partial charge >= 0.3 is 5.97 Å². The molecule has 0 N–H and O–H groups in total. The van der Waals surface area contributed by atoms with Crippen LogP contribution in [0.3, 0.4) is 0 Å². The van der Waals surface area contributed by atoms with E-state index < -0.39 is 0 Å². The topological polar surface area (TPSA) is 26.3 Å². The molecule has 2 heteroatoms. The molecule has 0 rings (SSSR count). The molecule has 0 aliphatic rings. The molecule has 23 heavy (non-hydrogen) atoms.